The van der Waals surface area contributed by atoms with Gasteiger partial charge in [-0.2, -0.15) is 0 Å². The molecule has 0 bridgehead atoms. The molecule has 142 valence electrons. The predicted molar refractivity (Wildman–Crippen MR) is 97.3 cm³/mol. The Kier molecular flexibility index (Phi) is 4.20. The number of fused-ring (bicyclic) bond motifs is 3. The molecule has 0 unspecified atom stereocenters. The van der Waals surface area contributed by atoms with E-state index in [2.05, 4.69) is 0 Å². The van der Waals surface area contributed by atoms with Crippen LogP contribution in [0.25, 0.3) is 0 Å². The van der Waals surface area contributed by atoms with Crippen molar-refractivity contribution in [3.8, 4) is 0 Å². The first-order chi connectivity index (χ1) is 12.9. The molecule has 1 saturated heterocycles. The zero-order valence-electron chi connectivity index (χ0n) is 14.6. The quantitative estimate of drug-likeness (QED) is 0.866. The number of hydrogen-bond donors (Lipinski definition) is 1. The van der Waals surface area contributed by atoms with Crippen LogP contribution in [0.3, 0.4) is 0 Å². The maximum atomic E-state index is 14.2. The Morgan fingerprint density at radius 3 is 2.52 bits per heavy atom. The SMILES string of the molecule is CC(=O)N1[C@@H](CO)[C@@H]2c3ccccc3N(S(=O)(=O)c3ccccc3F)C[C@@H]21. The third-order valence-electron chi connectivity index (χ3n) is 5.42. The number of anilines is 1. The summed E-state index contributed by atoms with van der Waals surface area (Å²) < 4.78 is 41.8. The summed E-state index contributed by atoms with van der Waals surface area (Å²) in [4.78, 5) is 13.2. The van der Waals surface area contributed by atoms with Crippen LogP contribution in [0, 0.1) is 5.82 Å². The number of aliphatic hydroxyl groups is 1. The summed E-state index contributed by atoms with van der Waals surface area (Å²) >= 11 is 0. The number of aliphatic hydroxyl groups excluding tert-OH is 1. The van der Waals surface area contributed by atoms with E-state index < -0.39 is 26.8 Å². The zero-order chi connectivity index (χ0) is 19.3. The number of halogens is 1. The molecule has 1 amide bonds. The number of carbonyl (C=O) groups excluding carboxylic acids is 1. The van der Waals surface area contributed by atoms with Crippen LogP contribution in [0.4, 0.5) is 10.1 Å². The molecule has 2 aromatic carbocycles. The average Bonchev–Trinajstić information content (AvgIpc) is 2.61. The standard InChI is InChI=1S/C19H19FN2O4S/c1-12(24)22-16-10-21(27(25,26)18-9-5-3-7-14(18)20)15-8-4-2-6-13(15)19(16)17(22)11-23/h2-9,16-17,19,23H,10-11H2,1H3/t16-,17-,19+/m0/s1. The minimum atomic E-state index is -4.14. The lowest BCUT2D eigenvalue weighted by atomic mass is 9.72. The Morgan fingerprint density at radius 1 is 1.19 bits per heavy atom. The summed E-state index contributed by atoms with van der Waals surface area (Å²) in [6, 6.07) is 11.5. The van der Waals surface area contributed by atoms with Crippen molar-refractivity contribution < 1.29 is 22.7 Å². The van der Waals surface area contributed by atoms with E-state index in [4.69, 9.17) is 0 Å². The predicted octanol–water partition coefficient (Wildman–Crippen LogP) is 1.71. The molecule has 27 heavy (non-hydrogen) atoms. The molecule has 0 aliphatic carbocycles. The molecule has 8 heteroatoms. The zero-order valence-corrected chi connectivity index (χ0v) is 15.4. The van der Waals surface area contributed by atoms with E-state index in [1.165, 1.54) is 34.3 Å². The van der Waals surface area contributed by atoms with E-state index in [1.54, 1.807) is 24.3 Å². The molecule has 1 fully saturated rings. The summed E-state index contributed by atoms with van der Waals surface area (Å²) in [6.07, 6.45) is 0. The first-order valence-electron chi connectivity index (χ1n) is 8.64. The van der Waals surface area contributed by atoms with Crippen LogP contribution in [-0.2, 0) is 14.8 Å². The van der Waals surface area contributed by atoms with Gasteiger partial charge in [-0.05, 0) is 23.8 Å². The fraction of sp³-hybridized carbons (Fsp3) is 0.316. The van der Waals surface area contributed by atoms with Crippen molar-refractivity contribution in [2.75, 3.05) is 17.5 Å². The summed E-state index contributed by atoms with van der Waals surface area (Å²) in [7, 11) is -4.14. The second-order valence-corrected chi connectivity index (χ2v) is 8.63. The lowest BCUT2D eigenvalue weighted by molar-refractivity contribution is -0.147. The van der Waals surface area contributed by atoms with E-state index >= 15 is 0 Å². The van der Waals surface area contributed by atoms with E-state index in [9.17, 15) is 22.7 Å². The van der Waals surface area contributed by atoms with Crippen molar-refractivity contribution in [3.05, 3.63) is 59.9 Å². The fourth-order valence-electron chi connectivity index (χ4n) is 4.30. The molecule has 0 saturated carbocycles. The van der Waals surface area contributed by atoms with Crippen molar-refractivity contribution in [1.29, 1.82) is 0 Å². The largest absolute Gasteiger partial charge is 0.394 e. The number of para-hydroxylation sites is 1. The van der Waals surface area contributed by atoms with Gasteiger partial charge in [0, 0.05) is 12.8 Å². The highest BCUT2D eigenvalue weighted by Crippen LogP contribution is 2.49. The Balaban J connectivity index is 1.84. The van der Waals surface area contributed by atoms with Crippen LogP contribution >= 0.6 is 0 Å². The molecule has 0 aromatic heterocycles. The molecule has 3 atom stereocenters. The Hall–Kier alpha value is -2.45. The van der Waals surface area contributed by atoms with Gasteiger partial charge in [-0.3, -0.25) is 9.10 Å². The summed E-state index contributed by atoms with van der Waals surface area (Å²) in [5.41, 5.74) is 1.20. The number of amides is 1. The van der Waals surface area contributed by atoms with Gasteiger partial charge in [0.15, 0.2) is 0 Å². The molecule has 2 aliphatic rings. The molecule has 2 heterocycles. The number of rotatable bonds is 3. The highest BCUT2D eigenvalue weighted by molar-refractivity contribution is 7.92. The molecule has 4 rings (SSSR count). The Bertz CT molecular complexity index is 1010. The van der Waals surface area contributed by atoms with Crippen LogP contribution in [0.2, 0.25) is 0 Å². The second kappa shape index (κ2) is 6.31. The minimum absolute atomic E-state index is 0.0222. The lowest BCUT2D eigenvalue weighted by Crippen LogP contribution is -2.70. The molecule has 2 aromatic rings. The highest BCUT2D eigenvalue weighted by Gasteiger charge is 2.55. The topological polar surface area (TPSA) is 77.9 Å². The first-order valence-corrected chi connectivity index (χ1v) is 10.1. The molecule has 1 N–H and O–H groups in total. The van der Waals surface area contributed by atoms with Gasteiger partial charge >= 0.3 is 0 Å². The monoisotopic (exact) mass is 390 g/mol. The Morgan fingerprint density at radius 2 is 1.85 bits per heavy atom. The number of benzene rings is 2. The van der Waals surface area contributed by atoms with Crippen molar-refractivity contribution >= 4 is 21.6 Å². The van der Waals surface area contributed by atoms with Crippen molar-refractivity contribution in [2.45, 2.75) is 29.8 Å². The highest BCUT2D eigenvalue weighted by atomic mass is 32.2. The second-order valence-electron chi connectivity index (χ2n) is 6.79. The molecular weight excluding hydrogens is 371 g/mol. The van der Waals surface area contributed by atoms with Crippen LogP contribution in [0.1, 0.15) is 18.4 Å². The summed E-state index contributed by atoms with van der Waals surface area (Å²) in [5.74, 6) is -1.19. The number of likely N-dealkylation sites (tertiary alicyclic amines) is 1. The number of sulfonamides is 1. The van der Waals surface area contributed by atoms with Crippen molar-refractivity contribution in [3.63, 3.8) is 0 Å². The van der Waals surface area contributed by atoms with E-state index in [0.29, 0.717) is 5.69 Å². The maximum absolute atomic E-state index is 14.2. The van der Waals surface area contributed by atoms with Crippen molar-refractivity contribution in [2.24, 2.45) is 0 Å². The van der Waals surface area contributed by atoms with Gasteiger partial charge in [-0.25, -0.2) is 12.8 Å². The number of carbonyl (C=O) groups is 1. The molecule has 0 spiro atoms. The molecule has 2 aliphatic heterocycles. The number of nitrogens with zero attached hydrogens (tertiary/aromatic N) is 2. The minimum Gasteiger partial charge on any atom is -0.394 e. The van der Waals surface area contributed by atoms with E-state index in [0.717, 1.165) is 11.6 Å². The molecule has 6 nitrogen and oxygen atoms in total. The normalized spacial score (nSPS) is 24.0. The summed E-state index contributed by atoms with van der Waals surface area (Å²) in [6.45, 7) is 1.22. The van der Waals surface area contributed by atoms with Crippen molar-refractivity contribution in [1.82, 2.24) is 4.90 Å². The van der Waals surface area contributed by atoms with Crippen LogP contribution in [0.5, 0.6) is 0 Å². The third kappa shape index (κ3) is 2.55. The first kappa shape index (κ1) is 17.9. The van der Waals surface area contributed by atoms with Crippen LogP contribution in [0.15, 0.2) is 53.4 Å². The third-order valence-corrected chi connectivity index (χ3v) is 7.23. The van der Waals surface area contributed by atoms with Gasteiger partial charge in [-0.1, -0.05) is 30.3 Å². The average molecular weight is 390 g/mol. The van der Waals surface area contributed by atoms with Gasteiger partial charge in [0.1, 0.15) is 10.7 Å². The van der Waals surface area contributed by atoms with Gasteiger partial charge in [0.2, 0.25) is 5.91 Å². The van der Waals surface area contributed by atoms with Gasteiger partial charge < -0.3 is 10.0 Å². The van der Waals surface area contributed by atoms with Gasteiger partial charge in [-0.15, -0.1) is 0 Å². The van der Waals surface area contributed by atoms with Crippen LogP contribution < -0.4 is 4.31 Å². The summed E-state index contributed by atoms with van der Waals surface area (Å²) in [5, 5.41) is 9.73. The lowest BCUT2D eigenvalue weighted by Gasteiger charge is -2.58. The smallest absolute Gasteiger partial charge is 0.267 e. The van der Waals surface area contributed by atoms with E-state index in [1.807, 2.05) is 0 Å². The number of hydrogen-bond acceptors (Lipinski definition) is 4. The Labute approximate surface area is 156 Å². The fourth-order valence-corrected chi connectivity index (χ4v) is 5.87. The maximum Gasteiger partial charge on any atom is 0.267 e. The van der Waals surface area contributed by atoms with E-state index in [-0.39, 0.29) is 31.0 Å². The molecular formula is C19H19FN2O4S. The van der Waals surface area contributed by atoms with Crippen LogP contribution in [-0.4, -0.2) is 49.6 Å². The van der Waals surface area contributed by atoms with Gasteiger partial charge in [0.05, 0.1) is 30.9 Å². The van der Waals surface area contributed by atoms with Gasteiger partial charge in [0.25, 0.3) is 10.0 Å². The molecule has 0 radical (unpaired) electrons.